The van der Waals surface area contributed by atoms with Crippen molar-refractivity contribution in [3.63, 3.8) is 0 Å². The third kappa shape index (κ3) is 5.77. The summed E-state index contributed by atoms with van der Waals surface area (Å²) in [7, 11) is 0. The third-order valence-electron chi connectivity index (χ3n) is 11.9. The lowest BCUT2D eigenvalue weighted by Crippen LogP contribution is -2.00. The van der Waals surface area contributed by atoms with E-state index in [4.69, 9.17) is 21.5 Å². The molecule has 0 N–H and O–H groups in total. The van der Waals surface area contributed by atoms with Gasteiger partial charge in [-0.1, -0.05) is 164 Å². The highest BCUT2D eigenvalue weighted by molar-refractivity contribution is 7.25. The van der Waals surface area contributed by atoms with Gasteiger partial charge in [0.1, 0.15) is 0 Å². The minimum absolute atomic E-state index is 0.624. The van der Waals surface area contributed by atoms with Crippen molar-refractivity contribution in [1.29, 1.82) is 0 Å². The Morgan fingerprint density at radius 2 is 0.820 bits per heavy atom. The molecule has 0 saturated heterocycles. The van der Waals surface area contributed by atoms with Crippen molar-refractivity contribution < 1.29 is 0 Å². The van der Waals surface area contributed by atoms with Crippen LogP contribution < -0.4 is 0 Å². The van der Waals surface area contributed by atoms with Crippen LogP contribution in [-0.4, -0.2) is 15.0 Å². The van der Waals surface area contributed by atoms with Crippen LogP contribution in [0.15, 0.2) is 194 Å². The van der Waals surface area contributed by atoms with Crippen molar-refractivity contribution in [1.82, 2.24) is 15.0 Å². The van der Waals surface area contributed by atoms with Crippen LogP contribution >= 0.6 is 11.3 Å². The third-order valence-corrected chi connectivity index (χ3v) is 13.1. The fourth-order valence-electron chi connectivity index (χ4n) is 9.07. The molecule has 12 rings (SSSR count). The van der Waals surface area contributed by atoms with Crippen LogP contribution in [0.2, 0.25) is 0 Å². The van der Waals surface area contributed by atoms with E-state index in [1.807, 2.05) is 30.3 Å². The van der Waals surface area contributed by atoms with E-state index >= 15 is 0 Å². The molecule has 0 fully saturated rings. The van der Waals surface area contributed by atoms with E-state index in [0.29, 0.717) is 23.2 Å². The van der Waals surface area contributed by atoms with Crippen LogP contribution in [0.25, 0.3) is 125 Å². The van der Waals surface area contributed by atoms with Gasteiger partial charge in [0.05, 0.1) is 6.57 Å². The molecule has 10 aromatic carbocycles. The molecule has 2 aromatic heterocycles. The molecule has 0 radical (unpaired) electrons. The van der Waals surface area contributed by atoms with Gasteiger partial charge in [-0.05, 0) is 95.7 Å². The molecule has 0 spiro atoms. The zero-order chi connectivity index (χ0) is 40.4. The number of benzene rings is 10. The minimum Gasteiger partial charge on any atom is -0.238 e. The molecule has 282 valence electrons. The summed E-state index contributed by atoms with van der Waals surface area (Å²) in [6, 6.07) is 68.3. The van der Waals surface area contributed by atoms with E-state index < -0.39 is 0 Å². The van der Waals surface area contributed by atoms with Crippen molar-refractivity contribution in [3.8, 4) is 56.4 Å². The highest BCUT2D eigenvalue weighted by atomic mass is 32.1. The second-order valence-corrected chi connectivity index (χ2v) is 16.5. The van der Waals surface area contributed by atoms with E-state index in [1.165, 1.54) is 52.5 Å². The lowest BCUT2D eigenvalue weighted by Gasteiger charge is -2.17. The first kappa shape index (κ1) is 35.0. The summed E-state index contributed by atoms with van der Waals surface area (Å²) >= 11 is 1.79. The second kappa shape index (κ2) is 14.1. The largest absolute Gasteiger partial charge is 0.238 e. The quantitative estimate of drug-likeness (QED) is 0.129. The Labute approximate surface area is 355 Å². The average molecular weight is 793 g/mol. The van der Waals surface area contributed by atoms with Crippen LogP contribution in [0, 0.1) is 6.57 Å². The Bertz CT molecular complexity index is 3790. The maximum absolute atomic E-state index is 7.83. The molecule has 0 atom stereocenters. The molecule has 5 heteroatoms. The summed E-state index contributed by atoms with van der Waals surface area (Å²) in [5, 5.41) is 11.6. The number of thiophene rings is 1. The summed E-state index contributed by atoms with van der Waals surface area (Å²) in [6.45, 7) is 7.83. The molecular weight excluding hydrogens is 761 g/mol. The lowest BCUT2D eigenvalue weighted by atomic mass is 9.86. The van der Waals surface area contributed by atoms with Crippen molar-refractivity contribution >= 4 is 80.3 Å². The van der Waals surface area contributed by atoms with Gasteiger partial charge in [-0.15, -0.1) is 11.3 Å². The number of rotatable bonds is 5. The smallest absolute Gasteiger partial charge is 0.194 e. The minimum atomic E-state index is 0.624. The average Bonchev–Trinajstić information content (AvgIpc) is 3.71. The predicted octanol–water partition coefficient (Wildman–Crippen LogP) is 15.7. The fourth-order valence-corrected chi connectivity index (χ4v) is 10.2. The molecule has 0 bridgehead atoms. The van der Waals surface area contributed by atoms with E-state index in [2.05, 4.69) is 169 Å². The van der Waals surface area contributed by atoms with Crippen molar-refractivity contribution in [3.05, 3.63) is 206 Å². The van der Waals surface area contributed by atoms with E-state index in [9.17, 15) is 0 Å². The monoisotopic (exact) mass is 792 g/mol. The van der Waals surface area contributed by atoms with Gasteiger partial charge in [0.15, 0.2) is 23.2 Å². The first-order valence-corrected chi connectivity index (χ1v) is 21.1. The molecule has 0 amide bonds. The van der Waals surface area contributed by atoms with E-state index in [1.54, 1.807) is 11.3 Å². The number of fused-ring (bicyclic) bond motifs is 9. The molecule has 0 aliphatic rings. The highest BCUT2D eigenvalue weighted by Crippen LogP contribution is 2.45. The van der Waals surface area contributed by atoms with Gasteiger partial charge in [0.25, 0.3) is 0 Å². The van der Waals surface area contributed by atoms with Gasteiger partial charge in [0.2, 0.25) is 0 Å². The van der Waals surface area contributed by atoms with Crippen molar-refractivity contribution in [2.24, 2.45) is 0 Å². The van der Waals surface area contributed by atoms with Crippen LogP contribution in [0.1, 0.15) is 0 Å². The molecule has 0 aliphatic heterocycles. The topological polar surface area (TPSA) is 43.0 Å². The van der Waals surface area contributed by atoms with Gasteiger partial charge in [-0.25, -0.2) is 19.8 Å². The molecule has 0 saturated carbocycles. The standard InChI is InChI=1S/C56H32N4S/c1-57-51-29-28-43(38-18-9-10-23-44(38)51)48-33-50-40-20-6-5-19-39(40)47(32-49(50)42-22-8-7-21-41(42)48)35-16-13-17-36(30-35)55-58-54(34-14-3-2-4-15-34)59-56(60-55)37-26-27-46-45-24-11-12-25-52(45)61-53(46)31-37/h2-33H. The van der Waals surface area contributed by atoms with Gasteiger partial charge < -0.3 is 0 Å². The summed E-state index contributed by atoms with van der Waals surface area (Å²) in [4.78, 5) is 19.2. The van der Waals surface area contributed by atoms with E-state index in [0.717, 1.165) is 49.7 Å². The molecular formula is C56H32N4S. The summed E-state index contributed by atoms with van der Waals surface area (Å²) < 4.78 is 2.47. The predicted molar refractivity (Wildman–Crippen MR) is 256 cm³/mol. The van der Waals surface area contributed by atoms with Crippen LogP contribution in [0.3, 0.4) is 0 Å². The zero-order valence-corrected chi connectivity index (χ0v) is 33.5. The van der Waals surface area contributed by atoms with Crippen molar-refractivity contribution in [2.75, 3.05) is 0 Å². The van der Waals surface area contributed by atoms with Crippen LogP contribution in [0.5, 0.6) is 0 Å². The van der Waals surface area contributed by atoms with E-state index in [-0.39, 0.29) is 0 Å². The van der Waals surface area contributed by atoms with Gasteiger partial charge in [0, 0.05) is 36.9 Å². The first-order chi connectivity index (χ1) is 30.2. The summed E-state index contributed by atoms with van der Waals surface area (Å²) in [5.41, 5.74) is 7.98. The number of hydrogen-bond acceptors (Lipinski definition) is 4. The Kier molecular flexibility index (Phi) is 8.06. The lowest BCUT2D eigenvalue weighted by molar-refractivity contribution is 1.07. The zero-order valence-electron chi connectivity index (χ0n) is 32.7. The number of nitrogens with zero attached hydrogens (tertiary/aromatic N) is 4. The molecule has 4 nitrogen and oxygen atoms in total. The molecule has 0 aliphatic carbocycles. The van der Waals surface area contributed by atoms with Gasteiger partial charge in [-0.3, -0.25) is 0 Å². The second-order valence-electron chi connectivity index (χ2n) is 15.4. The summed E-state index contributed by atoms with van der Waals surface area (Å²) in [5.74, 6) is 1.90. The normalized spacial score (nSPS) is 11.6. The number of hydrogen-bond donors (Lipinski definition) is 0. The molecule has 2 heterocycles. The molecule has 0 unspecified atom stereocenters. The van der Waals surface area contributed by atoms with Crippen molar-refractivity contribution in [2.45, 2.75) is 0 Å². The molecule has 12 aromatic rings. The highest BCUT2D eigenvalue weighted by Gasteiger charge is 2.18. The van der Waals surface area contributed by atoms with Crippen LogP contribution in [0.4, 0.5) is 5.69 Å². The Morgan fingerprint density at radius 3 is 1.52 bits per heavy atom. The first-order valence-electron chi connectivity index (χ1n) is 20.3. The van der Waals surface area contributed by atoms with Gasteiger partial charge in [-0.2, -0.15) is 0 Å². The molecule has 61 heavy (non-hydrogen) atoms. The maximum atomic E-state index is 7.83. The fraction of sp³-hybridized carbons (Fsp3) is 0. The maximum Gasteiger partial charge on any atom is 0.194 e. The summed E-state index contributed by atoms with van der Waals surface area (Å²) in [6.07, 6.45) is 0. The SMILES string of the molecule is [C-]#[N+]c1ccc(-c2cc3c4ccccc4c(-c4cccc(-c5nc(-c6ccccc6)nc(-c6ccc7c(c6)sc6ccccc67)n5)c4)cc3c3ccccc23)c2ccccc12. The number of aromatic nitrogens is 3. The van der Waals surface area contributed by atoms with Crippen LogP contribution in [-0.2, 0) is 0 Å². The van der Waals surface area contributed by atoms with Gasteiger partial charge >= 0.3 is 0 Å². The Morgan fingerprint density at radius 1 is 0.311 bits per heavy atom. The Hall–Kier alpha value is -8.04. The Balaban J connectivity index is 1.04.